The van der Waals surface area contributed by atoms with Crippen molar-refractivity contribution in [3.8, 4) is 0 Å². The molecular weight excluding hydrogens is 392 g/mol. The fourth-order valence-corrected chi connectivity index (χ4v) is 4.21. The van der Waals surface area contributed by atoms with Crippen molar-refractivity contribution in [3.05, 3.63) is 65.2 Å². The zero-order chi connectivity index (χ0) is 19.8. The average Bonchev–Trinajstić information content (AvgIpc) is 2.73. The normalized spacial score (nSPS) is 14.7. The van der Waals surface area contributed by atoms with Crippen molar-refractivity contribution in [2.45, 2.75) is 36.6 Å². The van der Waals surface area contributed by atoms with Crippen LogP contribution in [-0.4, -0.2) is 41.6 Å². The molecule has 1 saturated heterocycles. The van der Waals surface area contributed by atoms with Gasteiger partial charge in [0.15, 0.2) is 0 Å². The molecule has 2 amide bonds. The fraction of sp³-hybridized carbons (Fsp3) is 0.364. The molecule has 4 nitrogen and oxygen atoms in total. The van der Waals surface area contributed by atoms with Crippen LogP contribution in [0.25, 0.3) is 0 Å². The Morgan fingerprint density at radius 1 is 1.04 bits per heavy atom. The first-order valence-electron chi connectivity index (χ1n) is 9.64. The minimum absolute atomic E-state index is 0.0374. The first kappa shape index (κ1) is 20.7. The van der Waals surface area contributed by atoms with Crippen LogP contribution in [0.1, 0.15) is 36.0 Å². The summed E-state index contributed by atoms with van der Waals surface area (Å²) in [5.74, 6) is 1.09. The Hall–Kier alpha value is -1.98. The molecule has 2 aromatic rings. The third-order valence-corrected chi connectivity index (χ3v) is 6.19. The van der Waals surface area contributed by atoms with Crippen molar-refractivity contribution >= 4 is 35.2 Å². The Morgan fingerprint density at radius 2 is 1.71 bits per heavy atom. The maximum Gasteiger partial charge on any atom is 0.251 e. The zero-order valence-corrected chi connectivity index (χ0v) is 17.3. The highest BCUT2D eigenvalue weighted by molar-refractivity contribution is 7.99. The highest BCUT2D eigenvalue weighted by atomic mass is 35.5. The van der Waals surface area contributed by atoms with Gasteiger partial charge in [0.1, 0.15) is 0 Å². The van der Waals surface area contributed by atoms with Gasteiger partial charge in [0.25, 0.3) is 5.91 Å². The van der Waals surface area contributed by atoms with Gasteiger partial charge < -0.3 is 10.2 Å². The maximum atomic E-state index is 12.4. The van der Waals surface area contributed by atoms with Crippen LogP contribution in [-0.2, 0) is 4.79 Å². The molecule has 0 aromatic heterocycles. The standard InChI is InChI=1S/C22H25ClN2O2S/c23-18-8-10-20(11-9-18)28-16-4-7-21(26)25-14-12-19(13-15-25)24-22(27)17-5-2-1-3-6-17/h1-3,5-6,8-11,19H,4,7,12-16H2,(H,24,27). The van der Waals surface area contributed by atoms with E-state index in [-0.39, 0.29) is 17.9 Å². The first-order valence-corrected chi connectivity index (χ1v) is 11.0. The van der Waals surface area contributed by atoms with Crippen molar-refractivity contribution < 1.29 is 9.59 Å². The van der Waals surface area contributed by atoms with Crippen LogP contribution in [0, 0.1) is 0 Å². The number of carbonyl (C=O) groups is 2. The number of hydrogen-bond acceptors (Lipinski definition) is 3. The van der Waals surface area contributed by atoms with Crippen LogP contribution < -0.4 is 5.32 Å². The van der Waals surface area contributed by atoms with E-state index < -0.39 is 0 Å². The van der Waals surface area contributed by atoms with E-state index in [0.29, 0.717) is 25.1 Å². The molecule has 148 valence electrons. The topological polar surface area (TPSA) is 49.4 Å². The van der Waals surface area contributed by atoms with Gasteiger partial charge in [-0.05, 0) is 61.4 Å². The van der Waals surface area contributed by atoms with E-state index in [9.17, 15) is 9.59 Å². The molecule has 0 bridgehead atoms. The minimum atomic E-state index is -0.0374. The van der Waals surface area contributed by atoms with Gasteiger partial charge in [-0.2, -0.15) is 0 Å². The van der Waals surface area contributed by atoms with E-state index in [2.05, 4.69) is 5.32 Å². The number of thioether (sulfide) groups is 1. The van der Waals surface area contributed by atoms with Crippen molar-refractivity contribution in [1.29, 1.82) is 0 Å². The molecule has 1 fully saturated rings. The Labute approximate surface area is 175 Å². The van der Waals surface area contributed by atoms with Gasteiger partial charge in [-0.25, -0.2) is 0 Å². The van der Waals surface area contributed by atoms with Crippen molar-refractivity contribution in [3.63, 3.8) is 0 Å². The number of likely N-dealkylation sites (tertiary alicyclic amines) is 1. The number of rotatable bonds is 7. The van der Waals surface area contributed by atoms with E-state index in [1.807, 2.05) is 59.5 Å². The third-order valence-electron chi connectivity index (χ3n) is 4.84. The Balaban J connectivity index is 1.33. The summed E-state index contributed by atoms with van der Waals surface area (Å²) in [5, 5.41) is 3.82. The quantitative estimate of drug-likeness (QED) is 0.528. The molecule has 0 spiro atoms. The average molecular weight is 417 g/mol. The molecule has 1 N–H and O–H groups in total. The fourth-order valence-electron chi connectivity index (χ4n) is 3.23. The molecule has 1 aliphatic heterocycles. The van der Waals surface area contributed by atoms with Crippen LogP contribution in [0.5, 0.6) is 0 Å². The summed E-state index contributed by atoms with van der Waals surface area (Å²) in [6.07, 6.45) is 3.05. The summed E-state index contributed by atoms with van der Waals surface area (Å²) in [4.78, 5) is 27.8. The lowest BCUT2D eigenvalue weighted by atomic mass is 10.0. The summed E-state index contributed by atoms with van der Waals surface area (Å²) >= 11 is 7.63. The van der Waals surface area contributed by atoms with Gasteiger partial charge in [-0.15, -0.1) is 11.8 Å². The van der Waals surface area contributed by atoms with E-state index in [0.717, 1.165) is 30.0 Å². The van der Waals surface area contributed by atoms with Crippen molar-refractivity contribution in [1.82, 2.24) is 10.2 Å². The SMILES string of the molecule is O=C(NC1CCN(C(=O)CCCSc2ccc(Cl)cc2)CC1)c1ccccc1. The Bertz CT molecular complexity index is 775. The second-order valence-electron chi connectivity index (χ2n) is 6.90. The molecule has 1 heterocycles. The first-order chi connectivity index (χ1) is 13.6. The molecule has 6 heteroatoms. The van der Waals surface area contributed by atoms with Crippen LogP contribution in [0.3, 0.4) is 0 Å². The Morgan fingerprint density at radius 3 is 2.39 bits per heavy atom. The molecule has 0 atom stereocenters. The van der Waals surface area contributed by atoms with Crippen molar-refractivity contribution in [2.75, 3.05) is 18.8 Å². The van der Waals surface area contributed by atoms with Gasteiger partial charge in [0.05, 0.1) is 0 Å². The van der Waals surface area contributed by atoms with E-state index in [1.54, 1.807) is 11.8 Å². The minimum Gasteiger partial charge on any atom is -0.349 e. The maximum absolute atomic E-state index is 12.4. The van der Waals surface area contributed by atoms with Crippen LogP contribution >= 0.6 is 23.4 Å². The molecule has 2 aromatic carbocycles. The second kappa shape index (κ2) is 10.5. The van der Waals surface area contributed by atoms with E-state index in [1.165, 1.54) is 4.90 Å². The zero-order valence-electron chi connectivity index (χ0n) is 15.8. The largest absolute Gasteiger partial charge is 0.349 e. The number of carbonyl (C=O) groups excluding carboxylic acids is 2. The van der Waals surface area contributed by atoms with Gasteiger partial charge in [0.2, 0.25) is 5.91 Å². The summed E-state index contributed by atoms with van der Waals surface area (Å²) in [5.41, 5.74) is 0.680. The Kier molecular flexibility index (Phi) is 7.80. The molecule has 0 saturated carbocycles. The van der Waals surface area contributed by atoms with Crippen LogP contribution in [0.2, 0.25) is 5.02 Å². The molecular formula is C22H25ClN2O2S. The van der Waals surface area contributed by atoms with E-state index in [4.69, 9.17) is 11.6 Å². The molecule has 0 aliphatic carbocycles. The summed E-state index contributed by atoms with van der Waals surface area (Å²) in [6.45, 7) is 1.42. The molecule has 3 rings (SSSR count). The number of benzene rings is 2. The molecule has 1 aliphatic rings. The van der Waals surface area contributed by atoms with Crippen LogP contribution in [0.15, 0.2) is 59.5 Å². The monoisotopic (exact) mass is 416 g/mol. The number of nitrogens with one attached hydrogen (secondary N) is 1. The lowest BCUT2D eigenvalue weighted by Crippen LogP contribution is -2.46. The van der Waals surface area contributed by atoms with Gasteiger partial charge >= 0.3 is 0 Å². The smallest absolute Gasteiger partial charge is 0.251 e. The lowest BCUT2D eigenvalue weighted by Gasteiger charge is -2.32. The summed E-state index contributed by atoms with van der Waals surface area (Å²) in [6, 6.07) is 17.2. The number of hydrogen-bond donors (Lipinski definition) is 1. The predicted molar refractivity (Wildman–Crippen MR) is 115 cm³/mol. The molecule has 0 radical (unpaired) electrons. The highest BCUT2D eigenvalue weighted by Crippen LogP contribution is 2.22. The van der Waals surface area contributed by atoms with E-state index >= 15 is 0 Å². The summed E-state index contributed by atoms with van der Waals surface area (Å²) < 4.78 is 0. The van der Waals surface area contributed by atoms with Gasteiger partial charge in [-0.3, -0.25) is 9.59 Å². The molecule has 0 unspecified atom stereocenters. The number of nitrogens with zero attached hydrogens (tertiary/aromatic N) is 1. The van der Waals surface area contributed by atoms with Gasteiger partial charge in [0, 0.05) is 41.0 Å². The second-order valence-corrected chi connectivity index (χ2v) is 8.51. The lowest BCUT2D eigenvalue weighted by molar-refractivity contribution is -0.132. The van der Waals surface area contributed by atoms with Crippen LogP contribution in [0.4, 0.5) is 0 Å². The highest BCUT2D eigenvalue weighted by Gasteiger charge is 2.23. The molecule has 28 heavy (non-hydrogen) atoms. The number of amides is 2. The van der Waals surface area contributed by atoms with Gasteiger partial charge in [-0.1, -0.05) is 29.8 Å². The summed E-state index contributed by atoms with van der Waals surface area (Å²) in [7, 11) is 0. The third kappa shape index (κ3) is 6.28. The number of piperidine rings is 1. The number of halogens is 1. The predicted octanol–water partition coefficient (Wildman–Crippen LogP) is 4.63. The van der Waals surface area contributed by atoms with Crippen molar-refractivity contribution in [2.24, 2.45) is 0 Å².